The van der Waals surface area contributed by atoms with Crippen LogP contribution >= 0.6 is 24.0 Å². The maximum atomic E-state index is 6.02. The first-order valence-corrected chi connectivity index (χ1v) is 8.30. The van der Waals surface area contributed by atoms with Gasteiger partial charge in [-0.25, -0.2) is 9.98 Å². The second kappa shape index (κ2) is 7.43. The largest absolute Gasteiger partial charge is 0.370 e. The molecule has 0 saturated carbocycles. The predicted octanol–water partition coefficient (Wildman–Crippen LogP) is 3.68. The Morgan fingerprint density at radius 2 is 2.08 bits per heavy atom. The van der Waals surface area contributed by atoms with Crippen molar-refractivity contribution in [2.75, 3.05) is 5.32 Å². The first-order chi connectivity index (χ1) is 11.7. The van der Waals surface area contributed by atoms with Gasteiger partial charge in [0.1, 0.15) is 5.65 Å². The lowest BCUT2D eigenvalue weighted by molar-refractivity contribution is 0.912. The van der Waals surface area contributed by atoms with Gasteiger partial charge in [-0.2, -0.15) is 0 Å². The van der Waals surface area contributed by atoms with Crippen LogP contribution in [0.3, 0.4) is 0 Å². The van der Waals surface area contributed by atoms with Gasteiger partial charge in [-0.1, -0.05) is 6.07 Å². The number of rotatable bonds is 3. The topological polar surface area (TPSA) is 67.7 Å². The van der Waals surface area contributed by atoms with Crippen LogP contribution in [0.4, 0.5) is 5.69 Å². The molecule has 1 aromatic carbocycles. The summed E-state index contributed by atoms with van der Waals surface area (Å²) in [4.78, 5) is 8.98. The molecule has 6 heteroatoms. The highest BCUT2D eigenvalue weighted by Gasteiger charge is 2.10. The van der Waals surface area contributed by atoms with E-state index in [-0.39, 0.29) is 24.0 Å². The highest BCUT2D eigenvalue weighted by molar-refractivity contribution is 14.0. The third-order valence-corrected chi connectivity index (χ3v) is 4.45. The number of hydrogen-bond acceptors (Lipinski definition) is 2. The van der Waals surface area contributed by atoms with E-state index in [9.17, 15) is 0 Å². The number of guanidine groups is 1. The monoisotopic (exact) mass is 447 g/mol. The molecule has 0 bridgehead atoms. The van der Waals surface area contributed by atoms with E-state index in [2.05, 4.69) is 52.5 Å². The van der Waals surface area contributed by atoms with Gasteiger partial charge in [0.15, 0.2) is 5.96 Å². The van der Waals surface area contributed by atoms with Gasteiger partial charge < -0.3 is 15.5 Å². The van der Waals surface area contributed by atoms with Gasteiger partial charge >= 0.3 is 0 Å². The first-order valence-electron chi connectivity index (χ1n) is 8.30. The number of benzene rings is 1. The number of aliphatic imine (C=N–C) groups is 1. The number of anilines is 1. The van der Waals surface area contributed by atoms with E-state index in [1.54, 1.807) is 0 Å². The second-order valence-electron chi connectivity index (χ2n) is 6.37. The van der Waals surface area contributed by atoms with Gasteiger partial charge in [-0.05, 0) is 67.1 Å². The normalized spacial score (nSPS) is 13.6. The van der Waals surface area contributed by atoms with Crippen LogP contribution in [0.2, 0.25) is 0 Å². The molecular formula is C19H22IN5. The standard InChI is InChI=1S/C19H21N5.HI/c1-13-7-8-24-12-17(22-18(24)9-13)11-21-19(20)23-16-6-5-14-3-2-4-15(14)10-16;/h5-10,12H,2-4,11H2,1H3,(H3,20,21,23);1H. The van der Waals surface area contributed by atoms with Gasteiger partial charge in [0.25, 0.3) is 0 Å². The number of imidazole rings is 1. The van der Waals surface area contributed by atoms with Gasteiger partial charge in [0.2, 0.25) is 0 Å². The van der Waals surface area contributed by atoms with E-state index in [1.165, 1.54) is 29.5 Å². The molecule has 0 radical (unpaired) electrons. The lowest BCUT2D eigenvalue weighted by atomic mass is 10.1. The Balaban J connectivity index is 0.00000182. The molecule has 0 fully saturated rings. The van der Waals surface area contributed by atoms with Crippen molar-refractivity contribution in [3.63, 3.8) is 0 Å². The van der Waals surface area contributed by atoms with Crippen LogP contribution in [0, 0.1) is 6.92 Å². The van der Waals surface area contributed by atoms with Crippen LogP contribution in [0.1, 0.15) is 28.8 Å². The van der Waals surface area contributed by atoms with Crippen molar-refractivity contribution in [2.24, 2.45) is 10.7 Å². The number of nitrogens with one attached hydrogen (secondary N) is 1. The van der Waals surface area contributed by atoms with E-state index >= 15 is 0 Å². The molecule has 130 valence electrons. The molecule has 5 nitrogen and oxygen atoms in total. The van der Waals surface area contributed by atoms with Gasteiger partial charge in [0.05, 0.1) is 12.2 Å². The summed E-state index contributed by atoms with van der Waals surface area (Å²) in [6, 6.07) is 10.5. The molecule has 0 atom stereocenters. The molecule has 1 aliphatic rings. The number of nitrogens with two attached hydrogens (primary N) is 1. The average Bonchev–Trinajstić information content (AvgIpc) is 3.18. The summed E-state index contributed by atoms with van der Waals surface area (Å²) in [7, 11) is 0. The quantitative estimate of drug-likeness (QED) is 0.366. The fourth-order valence-corrected chi connectivity index (χ4v) is 3.22. The minimum absolute atomic E-state index is 0. The minimum atomic E-state index is 0. The van der Waals surface area contributed by atoms with E-state index in [0.717, 1.165) is 23.4 Å². The summed E-state index contributed by atoms with van der Waals surface area (Å²) in [6.45, 7) is 2.52. The Bertz CT molecular complexity index is 929. The Labute approximate surface area is 164 Å². The van der Waals surface area contributed by atoms with Crippen molar-refractivity contribution in [3.05, 3.63) is 65.1 Å². The summed E-state index contributed by atoms with van der Waals surface area (Å²) in [5.41, 5.74) is 12.9. The molecule has 2 heterocycles. The molecular weight excluding hydrogens is 425 g/mol. The number of aromatic nitrogens is 2. The molecule has 25 heavy (non-hydrogen) atoms. The lowest BCUT2D eigenvalue weighted by Crippen LogP contribution is -2.22. The van der Waals surface area contributed by atoms with Crippen molar-refractivity contribution < 1.29 is 0 Å². The minimum Gasteiger partial charge on any atom is -0.370 e. The van der Waals surface area contributed by atoms with Crippen LogP contribution in [0.5, 0.6) is 0 Å². The molecule has 0 unspecified atom stereocenters. The zero-order chi connectivity index (χ0) is 16.5. The summed E-state index contributed by atoms with van der Waals surface area (Å²) in [5, 5.41) is 3.18. The zero-order valence-corrected chi connectivity index (χ0v) is 16.5. The van der Waals surface area contributed by atoms with Gasteiger partial charge in [-0.15, -0.1) is 24.0 Å². The number of fused-ring (bicyclic) bond motifs is 2. The molecule has 0 aliphatic heterocycles. The number of halogens is 1. The van der Waals surface area contributed by atoms with Crippen LogP contribution in [-0.2, 0) is 19.4 Å². The second-order valence-corrected chi connectivity index (χ2v) is 6.37. The van der Waals surface area contributed by atoms with E-state index in [1.807, 2.05) is 16.8 Å². The third kappa shape index (κ3) is 3.95. The SMILES string of the molecule is Cc1ccn2cc(CN=C(N)Nc3ccc4c(c3)CCC4)nc2c1.I. The smallest absolute Gasteiger partial charge is 0.193 e. The molecule has 4 rings (SSSR count). The lowest BCUT2D eigenvalue weighted by Gasteiger charge is -2.07. The van der Waals surface area contributed by atoms with E-state index < -0.39 is 0 Å². The van der Waals surface area contributed by atoms with E-state index in [0.29, 0.717) is 12.5 Å². The third-order valence-electron chi connectivity index (χ3n) is 4.45. The Kier molecular flexibility index (Phi) is 5.27. The van der Waals surface area contributed by atoms with Gasteiger partial charge in [0, 0.05) is 18.1 Å². The van der Waals surface area contributed by atoms with Crippen molar-refractivity contribution in [3.8, 4) is 0 Å². The van der Waals surface area contributed by atoms with Crippen molar-refractivity contribution in [2.45, 2.75) is 32.7 Å². The molecule has 3 N–H and O–H groups in total. The van der Waals surface area contributed by atoms with Crippen LogP contribution < -0.4 is 11.1 Å². The molecule has 0 saturated heterocycles. The van der Waals surface area contributed by atoms with Crippen LogP contribution in [0.25, 0.3) is 5.65 Å². The number of nitrogens with zero attached hydrogens (tertiary/aromatic N) is 3. The average molecular weight is 447 g/mol. The summed E-state index contributed by atoms with van der Waals surface area (Å²) < 4.78 is 2.00. The molecule has 0 spiro atoms. The van der Waals surface area contributed by atoms with E-state index in [4.69, 9.17) is 5.73 Å². The Hall–Kier alpha value is -2.09. The van der Waals surface area contributed by atoms with Crippen molar-refractivity contribution in [1.82, 2.24) is 9.38 Å². The zero-order valence-electron chi connectivity index (χ0n) is 14.2. The molecule has 2 aromatic heterocycles. The molecule has 0 amide bonds. The maximum Gasteiger partial charge on any atom is 0.193 e. The van der Waals surface area contributed by atoms with Crippen LogP contribution in [0.15, 0.2) is 47.7 Å². The molecule has 1 aliphatic carbocycles. The fourth-order valence-electron chi connectivity index (χ4n) is 3.22. The maximum absolute atomic E-state index is 6.02. The highest BCUT2D eigenvalue weighted by atomic mass is 127. The van der Waals surface area contributed by atoms with Crippen molar-refractivity contribution >= 4 is 41.3 Å². The van der Waals surface area contributed by atoms with Crippen molar-refractivity contribution in [1.29, 1.82) is 0 Å². The molecule has 3 aromatic rings. The number of aryl methyl sites for hydroxylation is 3. The highest BCUT2D eigenvalue weighted by Crippen LogP contribution is 2.24. The van der Waals surface area contributed by atoms with Crippen LogP contribution in [-0.4, -0.2) is 15.3 Å². The Morgan fingerprint density at radius 1 is 1.24 bits per heavy atom. The van der Waals surface area contributed by atoms with Gasteiger partial charge in [-0.3, -0.25) is 0 Å². The summed E-state index contributed by atoms with van der Waals surface area (Å²) in [6.07, 6.45) is 7.59. The summed E-state index contributed by atoms with van der Waals surface area (Å²) in [5.74, 6) is 0.418. The fraction of sp³-hybridized carbons (Fsp3) is 0.263. The number of pyridine rings is 1. The summed E-state index contributed by atoms with van der Waals surface area (Å²) >= 11 is 0. The predicted molar refractivity (Wildman–Crippen MR) is 113 cm³/mol. The number of hydrogen-bond donors (Lipinski definition) is 2. The Morgan fingerprint density at radius 3 is 2.96 bits per heavy atom. The first kappa shape index (κ1) is 17.7.